The van der Waals surface area contributed by atoms with Gasteiger partial charge < -0.3 is 9.73 Å². The summed E-state index contributed by atoms with van der Waals surface area (Å²) in [6.07, 6.45) is 4.17. The molecule has 1 aliphatic rings. The Kier molecular flexibility index (Phi) is 3.27. The minimum absolute atomic E-state index is 0.147. The first kappa shape index (κ1) is 12.2. The van der Waals surface area contributed by atoms with E-state index in [1.807, 2.05) is 12.1 Å². The third-order valence-corrected chi connectivity index (χ3v) is 3.83. The standard InChI is InChI=1S/C14H21NO2/c1-4-14(12-6-5-7-17-12)9-13(16)15-11(14)8-10(2)3/h5-7,10-11H,4,8-9H2,1-3H3,(H,15,16). The Labute approximate surface area is 103 Å². The van der Waals surface area contributed by atoms with Crippen molar-refractivity contribution < 1.29 is 9.21 Å². The molecule has 3 heteroatoms. The van der Waals surface area contributed by atoms with E-state index in [-0.39, 0.29) is 17.4 Å². The van der Waals surface area contributed by atoms with Crippen molar-refractivity contribution in [2.75, 3.05) is 0 Å². The summed E-state index contributed by atoms with van der Waals surface area (Å²) in [7, 11) is 0. The zero-order valence-corrected chi connectivity index (χ0v) is 10.8. The van der Waals surface area contributed by atoms with Gasteiger partial charge in [-0.3, -0.25) is 4.79 Å². The Morgan fingerprint density at radius 1 is 1.59 bits per heavy atom. The molecule has 0 spiro atoms. The van der Waals surface area contributed by atoms with Crippen LogP contribution in [0.2, 0.25) is 0 Å². The quantitative estimate of drug-likeness (QED) is 0.872. The summed E-state index contributed by atoms with van der Waals surface area (Å²) in [4.78, 5) is 11.8. The molecular formula is C14H21NO2. The second-order valence-electron chi connectivity index (χ2n) is 5.41. The molecule has 1 amide bonds. The molecule has 94 valence electrons. The van der Waals surface area contributed by atoms with Crippen LogP contribution in [0.25, 0.3) is 0 Å². The molecule has 2 unspecified atom stereocenters. The number of amides is 1. The maximum atomic E-state index is 11.8. The van der Waals surface area contributed by atoms with Crippen LogP contribution in [0.4, 0.5) is 0 Å². The molecule has 0 saturated carbocycles. The van der Waals surface area contributed by atoms with E-state index in [9.17, 15) is 4.79 Å². The maximum Gasteiger partial charge on any atom is 0.221 e. The van der Waals surface area contributed by atoms with Crippen LogP contribution in [0.15, 0.2) is 22.8 Å². The predicted octanol–water partition coefficient (Wildman–Crippen LogP) is 2.86. The van der Waals surface area contributed by atoms with Crippen molar-refractivity contribution in [3.63, 3.8) is 0 Å². The summed E-state index contributed by atoms with van der Waals surface area (Å²) in [6.45, 7) is 6.51. The lowest BCUT2D eigenvalue weighted by Crippen LogP contribution is -2.40. The first-order valence-corrected chi connectivity index (χ1v) is 6.42. The first-order chi connectivity index (χ1) is 8.08. The second kappa shape index (κ2) is 4.55. The Balaban J connectivity index is 2.33. The molecule has 17 heavy (non-hydrogen) atoms. The monoisotopic (exact) mass is 235 g/mol. The second-order valence-corrected chi connectivity index (χ2v) is 5.41. The molecule has 2 rings (SSSR count). The van der Waals surface area contributed by atoms with Crippen LogP contribution in [0.5, 0.6) is 0 Å². The summed E-state index contributed by atoms with van der Waals surface area (Å²) in [6, 6.07) is 4.10. The molecular weight excluding hydrogens is 214 g/mol. The fourth-order valence-corrected chi connectivity index (χ4v) is 2.92. The van der Waals surface area contributed by atoms with Gasteiger partial charge in [-0.1, -0.05) is 20.8 Å². The van der Waals surface area contributed by atoms with Gasteiger partial charge in [0.05, 0.1) is 11.7 Å². The molecule has 1 saturated heterocycles. The maximum absolute atomic E-state index is 11.8. The van der Waals surface area contributed by atoms with Crippen LogP contribution in [-0.4, -0.2) is 11.9 Å². The number of carbonyl (C=O) groups is 1. The topological polar surface area (TPSA) is 42.2 Å². The molecule has 2 atom stereocenters. The Morgan fingerprint density at radius 2 is 2.35 bits per heavy atom. The minimum atomic E-state index is -0.148. The van der Waals surface area contributed by atoms with Crippen LogP contribution in [0.1, 0.15) is 45.8 Å². The van der Waals surface area contributed by atoms with E-state index < -0.39 is 0 Å². The van der Waals surface area contributed by atoms with Crippen molar-refractivity contribution >= 4 is 5.91 Å². The Morgan fingerprint density at radius 3 is 2.88 bits per heavy atom. The Hall–Kier alpha value is -1.25. The molecule has 1 aromatic rings. The van der Waals surface area contributed by atoms with E-state index in [1.165, 1.54) is 0 Å². The minimum Gasteiger partial charge on any atom is -0.469 e. The normalized spacial score (nSPS) is 28.7. The summed E-state index contributed by atoms with van der Waals surface area (Å²) in [5, 5.41) is 3.12. The van der Waals surface area contributed by atoms with E-state index >= 15 is 0 Å². The first-order valence-electron chi connectivity index (χ1n) is 6.42. The van der Waals surface area contributed by atoms with Crippen molar-refractivity contribution in [2.24, 2.45) is 5.92 Å². The van der Waals surface area contributed by atoms with E-state index in [0.29, 0.717) is 12.3 Å². The van der Waals surface area contributed by atoms with E-state index in [4.69, 9.17) is 4.42 Å². The van der Waals surface area contributed by atoms with Crippen molar-refractivity contribution in [2.45, 2.75) is 51.5 Å². The van der Waals surface area contributed by atoms with Gasteiger partial charge in [-0.2, -0.15) is 0 Å². The molecule has 3 nitrogen and oxygen atoms in total. The van der Waals surface area contributed by atoms with Crippen molar-refractivity contribution in [3.05, 3.63) is 24.2 Å². The smallest absolute Gasteiger partial charge is 0.221 e. The summed E-state index contributed by atoms with van der Waals surface area (Å²) < 4.78 is 5.58. The van der Waals surface area contributed by atoms with E-state index in [2.05, 4.69) is 26.1 Å². The van der Waals surface area contributed by atoms with Gasteiger partial charge in [0.1, 0.15) is 5.76 Å². The highest BCUT2D eigenvalue weighted by molar-refractivity contribution is 5.81. The van der Waals surface area contributed by atoms with Crippen molar-refractivity contribution in [1.82, 2.24) is 5.32 Å². The zero-order valence-electron chi connectivity index (χ0n) is 10.8. The number of furan rings is 1. The average molecular weight is 235 g/mol. The van der Waals surface area contributed by atoms with Crippen LogP contribution in [-0.2, 0) is 10.2 Å². The zero-order chi connectivity index (χ0) is 12.5. The van der Waals surface area contributed by atoms with Gasteiger partial charge in [0.2, 0.25) is 5.91 Å². The van der Waals surface area contributed by atoms with Gasteiger partial charge in [-0.15, -0.1) is 0 Å². The van der Waals surface area contributed by atoms with Crippen molar-refractivity contribution in [1.29, 1.82) is 0 Å². The number of hydrogen-bond acceptors (Lipinski definition) is 2. The summed E-state index contributed by atoms with van der Waals surface area (Å²) in [5.41, 5.74) is -0.148. The van der Waals surface area contributed by atoms with Gasteiger partial charge in [0.15, 0.2) is 0 Å². The van der Waals surface area contributed by atoms with Gasteiger partial charge >= 0.3 is 0 Å². The summed E-state index contributed by atoms with van der Waals surface area (Å²) in [5.74, 6) is 1.66. The highest BCUT2D eigenvalue weighted by Crippen LogP contribution is 2.41. The number of carbonyl (C=O) groups excluding carboxylic acids is 1. The van der Waals surface area contributed by atoms with E-state index in [0.717, 1.165) is 18.6 Å². The van der Waals surface area contributed by atoms with Crippen LogP contribution in [0, 0.1) is 5.92 Å². The molecule has 1 fully saturated rings. The SMILES string of the molecule is CCC1(c2ccco2)CC(=O)NC1CC(C)C. The number of hydrogen-bond donors (Lipinski definition) is 1. The van der Waals surface area contributed by atoms with Crippen LogP contribution < -0.4 is 5.32 Å². The average Bonchev–Trinajstić information content (AvgIpc) is 2.85. The Bertz CT molecular complexity index is 383. The van der Waals surface area contributed by atoms with Crippen LogP contribution in [0.3, 0.4) is 0 Å². The molecule has 1 aromatic heterocycles. The molecule has 0 radical (unpaired) electrons. The summed E-state index contributed by atoms with van der Waals surface area (Å²) >= 11 is 0. The van der Waals surface area contributed by atoms with Gasteiger partial charge in [-0.05, 0) is 30.9 Å². The molecule has 0 bridgehead atoms. The van der Waals surface area contributed by atoms with Gasteiger partial charge in [0, 0.05) is 12.5 Å². The number of rotatable bonds is 4. The lowest BCUT2D eigenvalue weighted by atomic mass is 9.73. The molecule has 1 aliphatic heterocycles. The number of nitrogens with one attached hydrogen (secondary N) is 1. The highest BCUT2D eigenvalue weighted by atomic mass is 16.3. The van der Waals surface area contributed by atoms with Gasteiger partial charge in [-0.25, -0.2) is 0 Å². The van der Waals surface area contributed by atoms with Gasteiger partial charge in [0.25, 0.3) is 0 Å². The third kappa shape index (κ3) is 2.11. The van der Waals surface area contributed by atoms with Crippen molar-refractivity contribution in [3.8, 4) is 0 Å². The third-order valence-electron chi connectivity index (χ3n) is 3.83. The van der Waals surface area contributed by atoms with E-state index in [1.54, 1.807) is 6.26 Å². The molecule has 0 aliphatic carbocycles. The lowest BCUT2D eigenvalue weighted by Gasteiger charge is -2.32. The van der Waals surface area contributed by atoms with Crippen LogP contribution >= 0.6 is 0 Å². The predicted molar refractivity (Wildman–Crippen MR) is 66.7 cm³/mol. The molecule has 1 N–H and O–H groups in total. The molecule has 0 aromatic carbocycles. The lowest BCUT2D eigenvalue weighted by molar-refractivity contribution is -0.119. The fourth-order valence-electron chi connectivity index (χ4n) is 2.92. The molecule has 2 heterocycles. The highest BCUT2D eigenvalue weighted by Gasteiger charge is 2.48. The fraction of sp³-hybridized carbons (Fsp3) is 0.643. The largest absolute Gasteiger partial charge is 0.469 e.